The smallest absolute Gasteiger partial charge is 0.367 e. The number of aliphatic hydroxyl groups excluding tert-OH is 1. The third-order valence-corrected chi connectivity index (χ3v) is 9.37. The van der Waals surface area contributed by atoms with Crippen molar-refractivity contribution >= 4 is 6.03 Å². The van der Waals surface area contributed by atoms with Gasteiger partial charge in [-0.05, 0) is 93.5 Å². The zero-order valence-corrected chi connectivity index (χ0v) is 25.3. The summed E-state index contributed by atoms with van der Waals surface area (Å²) >= 11 is 0. The molecule has 44 heavy (non-hydrogen) atoms. The molecule has 0 bridgehead atoms. The highest BCUT2D eigenvalue weighted by Crippen LogP contribution is 2.49. The third-order valence-electron chi connectivity index (χ3n) is 9.37. The minimum atomic E-state index is -5.02. The minimum absolute atomic E-state index is 0.0599. The largest absolute Gasteiger partial charge is 0.416 e. The number of piperidine rings is 1. The molecule has 0 saturated carbocycles. The molecule has 13 heteroatoms. The van der Waals surface area contributed by atoms with E-state index in [2.05, 4.69) is 4.90 Å². The Hall–Kier alpha value is -2.90. The fraction of sp³-hybridized carbons (Fsp3) is 0.581. The quantitative estimate of drug-likeness (QED) is 0.268. The van der Waals surface area contributed by atoms with Crippen LogP contribution in [0.25, 0.3) is 0 Å². The molecule has 2 amide bonds. The number of aliphatic hydroxyl groups is 1. The summed E-state index contributed by atoms with van der Waals surface area (Å²) in [4.78, 5) is 19.0. The molecule has 2 aliphatic heterocycles. The van der Waals surface area contributed by atoms with Gasteiger partial charge in [0.2, 0.25) is 0 Å². The van der Waals surface area contributed by atoms with Gasteiger partial charge in [-0.1, -0.05) is 6.07 Å². The van der Waals surface area contributed by atoms with Crippen molar-refractivity contribution < 1.29 is 45.4 Å². The van der Waals surface area contributed by atoms with Crippen molar-refractivity contribution in [3.8, 4) is 0 Å². The first-order valence-corrected chi connectivity index (χ1v) is 14.4. The van der Waals surface area contributed by atoms with Crippen molar-refractivity contribution in [1.82, 2.24) is 14.7 Å². The van der Waals surface area contributed by atoms with Gasteiger partial charge in [-0.2, -0.15) is 26.3 Å². The van der Waals surface area contributed by atoms with Crippen LogP contribution >= 0.6 is 0 Å². The molecule has 0 radical (unpaired) electrons. The first-order valence-electron chi connectivity index (χ1n) is 14.4. The molecule has 5 unspecified atom stereocenters. The Labute approximate surface area is 252 Å². The van der Waals surface area contributed by atoms with Gasteiger partial charge >= 0.3 is 18.4 Å². The fourth-order valence-corrected chi connectivity index (χ4v) is 6.74. The second kappa shape index (κ2) is 12.5. The van der Waals surface area contributed by atoms with Crippen LogP contribution < -0.4 is 0 Å². The molecule has 2 aromatic carbocycles. The van der Waals surface area contributed by atoms with E-state index in [1.54, 1.807) is 17.9 Å². The van der Waals surface area contributed by atoms with E-state index in [-0.39, 0.29) is 30.8 Å². The Morgan fingerprint density at radius 3 is 2.25 bits per heavy atom. The monoisotopic (exact) mass is 633 g/mol. The second-order valence-electron chi connectivity index (χ2n) is 12.0. The van der Waals surface area contributed by atoms with Gasteiger partial charge in [-0.3, -0.25) is 4.90 Å². The highest BCUT2D eigenvalue weighted by atomic mass is 19.4. The molecule has 2 aromatic rings. The van der Waals surface area contributed by atoms with Crippen molar-refractivity contribution in [3.05, 3.63) is 70.0 Å². The number of likely N-dealkylation sites (tertiary alicyclic amines) is 2. The standard InChI is InChI=1S/C31H38F7N3O3/c1-18-12-24(32)6-7-25(18)26-16-29(9-8-19(2)41(29)17-27(42)44-5)10-11-40(26)28(43)39(4)20(3)21-13-22(30(33,34)35)15-23(14-21)31(36,37)38/h6-7,12-15,19-20,26-27,42H,8-11,16-17H2,1-5H3. The van der Waals surface area contributed by atoms with Crippen LogP contribution in [0.3, 0.4) is 0 Å². The SMILES string of the molecule is COC(O)CN1C(C)CCC12CCN(C(=O)N(C)C(C)c1cc(C(F)(F)F)cc(C(F)(F)F)c1)C(c1ccc(F)cc1C)C2. The van der Waals surface area contributed by atoms with E-state index in [0.29, 0.717) is 36.1 Å². The number of hydrogen-bond donors (Lipinski definition) is 1. The fourth-order valence-electron chi connectivity index (χ4n) is 6.74. The van der Waals surface area contributed by atoms with Gasteiger partial charge < -0.3 is 19.6 Å². The van der Waals surface area contributed by atoms with Crippen LogP contribution in [0.4, 0.5) is 35.5 Å². The molecule has 5 atom stereocenters. The van der Waals surface area contributed by atoms with Gasteiger partial charge in [0, 0.05) is 32.3 Å². The number of urea groups is 1. The van der Waals surface area contributed by atoms with E-state index in [1.165, 1.54) is 33.2 Å². The van der Waals surface area contributed by atoms with E-state index in [4.69, 9.17) is 4.74 Å². The van der Waals surface area contributed by atoms with Crippen LogP contribution in [0.2, 0.25) is 0 Å². The van der Waals surface area contributed by atoms with Crippen LogP contribution in [0.15, 0.2) is 36.4 Å². The Balaban J connectivity index is 1.70. The van der Waals surface area contributed by atoms with Gasteiger partial charge in [0.1, 0.15) is 5.82 Å². The summed E-state index contributed by atoms with van der Waals surface area (Å²) in [6, 6.07) is 3.40. The van der Waals surface area contributed by atoms with Gasteiger partial charge in [-0.25, -0.2) is 9.18 Å². The number of hydrogen-bond acceptors (Lipinski definition) is 4. The molecule has 0 aromatic heterocycles. The molecule has 2 fully saturated rings. The van der Waals surface area contributed by atoms with E-state index >= 15 is 0 Å². The number of carbonyl (C=O) groups excluding carboxylic acids is 1. The topological polar surface area (TPSA) is 56.3 Å². The van der Waals surface area contributed by atoms with Gasteiger partial charge in [0.05, 0.1) is 29.8 Å². The number of rotatable bonds is 6. The predicted molar refractivity (Wildman–Crippen MR) is 149 cm³/mol. The highest BCUT2D eigenvalue weighted by molar-refractivity contribution is 5.75. The normalized spacial score (nSPS) is 24.5. The number of β-amino-alcohol motifs (C(OH)–C–C–N with tert-alkyl or cyclic N) is 1. The number of nitrogens with zero attached hydrogens (tertiary/aromatic N) is 3. The second-order valence-corrected chi connectivity index (χ2v) is 12.0. The first-order chi connectivity index (χ1) is 20.4. The van der Waals surface area contributed by atoms with E-state index in [1.807, 2.05) is 6.92 Å². The maximum absolute atomic E-state index is 14.1. The van der Waals surface area contributed by atoms with Crippen molar-refractivity contribution in [3.63, 3.8) is 0 Å². The van der Waals surface area contributed by atoms with Crippen LogP contribution in [0.5, 0.6) is 0 Å². The average Bonchev–Trinajstić information content (AvgIpc) is 3.24. The van der Waals surface area contributed by atoms with Crippen molar-refractivity contribution in [2.24, 2.45) is 0 Å². The molecule has 2 saturated heterocycles. The Bertz CT molecular complexity index is 1320. The average molecular weight is 634 g/mol. The first kappa shape index (κ1) is 34.0. The number of alkyl halides is 6. The lowest BCUT2D eigenvalue weighted by molar-refractivity contribution is -0.143. The zero-order valence-electron chi connectivity index (χ0n) is 25.3. The van der Waals surface area contributed by atoms with Crippen LogP contribution in [-0.2, 0) is 17.1 Å². The summed E-state index contributed by atoms with van der Waals surface area (Å²) in [6.45, 7) is 5.62. The number of amides is 2. The Kier molecular flexibility index (Phi) is 9.64. The van der Waals surface area contributed by atoms with Crippen molar-refractivity contribution in [1.29, 1.82) is 0 Å². The molecular formula is C31H38F7N3O3. The molecule has 6 nitrogen and oxygen atoms in total. The number of benzene rings is 2. The minimum Gasteiger partial charge on any atom is -0.367 e. The number of ether oxygens (including phenoxy) is 1. The summed E-state index contributed by atoms with van der Waals surface area (Å²) in [7, 11) is 2.75. The Morgan fingerprint density at radius 1 is 1.09 bits per heavy atom. The van der Waals surface area contributed by atoms with E-state index in [9.17, 15) is 40.6 Å². The van der Waals surface area contributed by atoms with Crippen LogP contribution in [-0.4, -0.2) is 71.0 Å². The Morgan fingerprint density at radius 2 is 1.70 bits per heavy atom. The maximum Gasteiger partial charge on any atom is 0.416 e. The van der Waals surface area contributed by atoms with Gasteiger partial charge in [-0.15, -0.1) is 0 Å². The molecule has 1 N–H and O–H groups in total. The third kappa shape index (κ3) is 6.84. The number of carbonyl (C=O) groups is 1. The lowest BCUT2D eigenvalue weighted by Crippen LogP contribution is -2.58. The summed E-state index contributed by atoms with van der Waals surface area (Å²) in [6.07, 6.45) is -8.51. The summed E-state index contributed by atoms with van der Waals surface area (Å²) in [5, 5.41) is 10.3. The number of aryl methyl sites for hydroxylation is 1. The summed E-state index contributed by atoms with van der Waals surface area (Å²) < 4.78 is 101. The van der Waals surface area contributed by atoms with Crippen molar-refractivity contribution in [2.45, 2.75) is 88.8 Å². The summed E-state index contributed by atoms with van der Waals surface area (Å²) in [5.41, 5.74) is -2.36. The lowest BCUT2D eigenvalue weighted by Gasteiger charge is -2.51. The van der Waals surface area contributed by atoms with Crippen LogP contribution in [0, 0.1) is 12.7 Å². The van der Waals surface area contributed by atoms with Gasteiger partial charge in [0.15, 0.2) is 6.29 Å². The number of methoxy groups -OCH3 is 1. The molecule has 0 aliphatic carbocycles. The molecule has 1 spiro atoms. The molecule has 244 valence electrons. The summed E-state index contributed by atoms with van der Waals surface area (Å²) in [5.74, 6) is -0.454. The highest BCUT2D eigenvalue weighted by Gasteiger charge is 2.51. The predicted octanol–water partition coefficient (Wildman–Crippen LogP) is 7.31. The molecular weight excluding hydrogens is 595 g/mol. The molecule has 2 heterocycles. The zero-order chi connectivity index (χ0) is 32.8. The van der Waals surface area contributed by atoms with Crippen molar-refractivity contribution in [2.75, 3.05) is 27.2 Å². The maximum atomic E-state index is 14.1. The van der Waals surface area contributed by atoms with Crippen LogP contribution in [0.1, 0.15) is 79.4 Å². The lowest BCUT2D eigenvalue weighted by atomic mass is 9.78. The molecule has 2 aliphatic rings. The molecule has 4 rings (SSSR count). The van der Waals surface area contributed by atoms with E-state index in [0.717, 1.165) is 17.7 Å². The van der Waals surface area contributed by atoms with Gasteiger partial charge in [0.25, 0.3) is 0 Å². The van der Waals surface area contributed by atoms with E-state index < -0.39 is 59.2 Å². The number of halogens is 7.